The van der Waals surface area contributed by atoms with Crippen LogP contribution in [-0.4, -0.2) is 27.1 Å². The summed E-state index contributed by atoms with van der Waals surface area (Å²) >= 11 is 0. The fraction of sp³-hybridized carbons (Fsp3) is 0.190. The van der Waals surface area contributed by atoms with E-state index in [1.54, 1.807) is 18.2 Å². The third kappa shape index (κ3) is 4.80. The Morgan fingerprint density at radius 2 is 1.71 bits per heavy atom. The third-order valence-electron chi connectivity index (χ3n) is 4.29. The molecule has 0 saturated heterocycles. The van der Waals surface area contributed by atoms with Crippen molar-refractivity contribution in [2.75, 3.05) is 23.3 Å². The number of anilines is 2. The standard InChI is InChI=1S/C21H23N3O3S/c1-3-24(16-17-7-5-4-6-8-17)21-14-9-18(15-22-21)23-28(25,26)20-12-10-19(27-2)11-13-20/h4-15,23H,3,16H2,1-2H3. The maximum absolute atomic E-state index is 12.5. The van der Waals surface area contributed by atoms with Gasteiger partial charge in [-0.3, -0.25) is 4.72 Å². The number of hydrogen-bond acceptors (Lipinski definition) is 5. The average Bonchev–Trinajstić information content (AvgIpc) is 2.73. The Morgan fingerprint density at radius 1 is 1.00 bits per heavy atom. The fourth-order valence-corrected chi connectivity index (χ4v) is 3.80. The van der Waals surface area contributed by atoms with Crippen LogP contribution in [0, 0.1) is 0 Å². The molecule has 146 valence electrons. The van der Waals surface area contributed by atoms with E-state index in [1.807, 2.05) is 24.3 Å². The number of nitrogens with one attached hydrogen (secondary N) is 1. The van der Waals surface area contributed by atoms with Gasteiger partial charge in [0.15, 0.2) is 0 Å². The summed E-state index contributed by atoms with van der Waals surface area (Å²) in [6.07, 6.45) is 1.53. The molecule has 0 amide bonds. The summed E-state index contributed by atoms with van der Waals surface area (Å²) in [4.78, 5) is 6.72. The quantitative estimate of drug-likeness (QED) is 0.624. The van der Waals surface area contributed by atoms with Crippen molar-refractivity contribution in [2.24, 2.45) is 0 Å². The summed E-state index contributed by atoms with van der Waals surface area (Å²) in [5.74, 6) is 1.39. The smallest absolute Gasteiger partial charge is 0.261 e. The Labute approximate surface area is 165 Å². The van der Waals surface area contributed by atoms with Gasteiger partial charge >= 0.3 is 0 Å². The Hall–Kier alpha value is -3.06. The van der Waals surface area contributed by atoms with Crippen LogP contribution in [0.1, 0.15) is 12.5 Å². The van der Waals surface area contributed by atoms with Crippen LogP contribution < -0.4 is 14.4 Å². The molecule has 0 saturated carbocycles. The summed E-state index contributed by atoms with van der Waals surface area (Å²) in [7, 11) is -2.15. The minimum atomic E-state index is -3.68. The number of pyridine rings is 1. The molecule has 0 unspecified atom stereocenters. The zero-order chi connectivity index (χ0) is 20.0. The van der Waals surface area contributed by atoms with Gasteiger partial charge in [0, 0.05) is 13.1 Å². The van der Waals surface area contributed by atoms with E-state index in [0.29, 0.717) is 11.4 Å². The van der Waals surface area contributed by atoms with Gasteiger partial charge in [-0.2, -0.15) is 0 Å². The van der Waals surface area contributed by atoms with Gasteiger partial charge in [0.1, 0.15) is 11.6 Å². The monoisotopic (exact) mass is 397 g/mol. The first-order valence-corrected chi connectivity index (χ1v) is 10.4. The number of ether oxygens (including phenoxy) is 1. The third-order valence-corrected chi connectivity index (χ3v) is 5.69. The Kier molecular flexibility index (Phi) is 6.16. The van der Waals surface area contributed by atoms with Crippen LogP contribution in [-0.2, 0) is 16.6 Å². The van der Waals surface area contributed by atoms with E-state index in [0.717, 1.165) is 18.9 Å². The summed E-state index contributed by atoms with van der Waals surface area (Å²) in [6, 6.07) is 19.9. The number of nitrogens with zero attached hydrogens (tertiary/aromatic N) is 2. The van der Waals surface area contributed by atoms with Crippen molar-refractivity contribution in [2.45, 2.75) is 18.4 Å². The molecule has 6 nitrogen and oxygen atoms in total. The van der Waals surface area contributed by atoms with Gasteiger partial charge < -0.3 is 9.64 Å². The molecule has 0 fully saturated rings. The van der Waals surface area contributed by atoms with Crippen LogP contribution in [0.25, 0.3) is 0 Å². The molecule has 0 aliphatic carbocycles. The lowest BCUT2D eigenvalue weighted by Crippen LogP contribution is -2.23. The van der Waals surface area contributed by atoms with Crippen molar-refractivity contribution in [3.05, 3.63) is 78.5 Å². The first-order valence-electron chi connectivity index (χ1n) is 8.93. The average molecular weight is 398 g/mol. The van der Waals surface area contributed by atoms with Crippen LogP contribution in [0.4, 0.5) is 11.5 Å². The molecule has 0 spiro atoms. The van der Waals surface area contributed by atoms with Gasteiger partial charge in [-0.15, -0.1) is 0 Å². The Balaban J connectivity index is 1.72. The van der Waals surface area contributed by atoms with Crippen LogP contribution in [0.2, 0.25) is 0 Å². The number of sulfonamides is 1. The lowest BCUT2D eigenvalue weighted by Gasteiger charge is -2.22. The highest BCUT2D eigenvalue weighted by Gasteiger charge is 2.15. The van der Waals surface area contributed by atoms with E-state index in [4.69, 9.17) is 4.74 Å². The maximum atomic E-state index is 12.5. The molecule has 3 rings (SSSR count). The zero-order valence-corrected chi connectivity index (χ0v) is 16.7. The number of methoxy groups -OCH3 is 1. The molecular formula is C21H23N3O3S. The zero-order valence-electron chi connectivity index (χ0n) is 15.9. The predicted octanol–water partition coefficient (Wildman–Crippen LogP) is 3.92. The van der Waals surface area contributed by atoms with Gasteiger partial charge in [-0.05, 0) is 48.9 Å². The van der Waals surface area contributed by atoms with Crippen molar-refractivity contribution in [1.29, 1.82) is 0 Å². The summed E-state index contributed by atoms with van der Waals surface area (Å²) in [6.45, 7) is 3.59. The lowest BCUT2D eigenvalue weighted by atomic mass is 10.2. The van der Waals surface area contributed by atoms with E-state index >= 15 is 0 Å². The SMILES string of the molecule is CCN(Cc1ccccc1)c1ccc(NS(=O)(=O)c2ccc(OC)cc2)cn1. The van der Waals surface area contributed by atoms with E-state index < -0.39 is 10.0 Å². The second-order valence-electron chi connectivity index (χ2n) is 6.19. The predicted molar refractivity (Wildman–Crippen MR) is 111 cm³/mol. The highest BCUT2D eigenvalue weighted by molar-refractivity contribution is 7.92. The molecule has 0 radical (unpaired) electrons. The fourth-order valence-electron chi connectivity index (χ4n) is 2.76. The summed E-state index contributed by atoms with van der Waals surface area (Å²) in [5.41, 5.74) is 1.60. The first kappa shape index (κ1) is 19.7. The van der Waals surface area contributed by atoms with Crippen LogP contribution >= 0.6 is 0 Å². The summed E-state index contributed by atoms with van der Waals surface area (Å²) < 4.78 is 32.7. The molecule has 0 aliphatic rings. The normalized spacial score (nSPS) is 11.1. The van der Waals surface area contributed by atoms with Crippen molar-refractivity contribution in [1.82, 2.24) is 4.98 Å². The van der Waals surface area contributed by atoms with Crippen LogP contribution in [0.15, 0.2) is 77.8 Å². The minimum absolute atomic E-state index is 0.164. The van der Waals surface area contributed by atoms with Gasteiger partial charge in [0.05, 0.1) is 23.9 Å². The molecule has 7 heteroatoms. The maximum Gasteiger partial charge on any atom is 0.261 e. The molecular weight excluding hydrogens is 374 g/mol. The molecule has 2 aromatic carbocycles. The Morgan fingerprint density at radius 3 is 2.29 bits per heavy atom. The number of hydrogen-bond donors (Lipinski definition) is 1. The van der Waals surface area contributed by atoms with Crippen LogP contribution in [0.5, 0.6) is 5.75 Å². The van der Waals surface area contributed by atoms with Crippen molar-refractivity contribution < 1.29 is 13.2 Å². The van der Waals surface area contributed by atoms with Gasteiger partial charge in [-0.25, -0.2) is 13.4 Å². The van der Waals surface area contributed by atoms with Crippen molar-refractivity contribution in [3.8, 4) is 5.75 Å². The lowest BCUT2D eigenvalue weighted by molar-refractivity contribution is 0.414. The highest BCUT2D eigenvalue weighted by Crippen LogP contribution is 2.21. The van der Waals surface area contributed by atoms with Gasteiger partial charge in [0.25, 0.3) is 10.0 Å². The second-order valence-corrected chi connectivity index (χ2v) is 7.87. The van der Waals surface area contributed by atoms with E-state index in [-0.39, 0.29) is 4.90 Å². The Bertz CT molecular complexity index is 989. The van der Waals surface area contributed by atoms with Crippen molar-refractivity contribution >= 4 is 21.5 Å². The number of benzene rings is 2. The van der Waals surface area contributed by atoms with E-state index in [2.05, 4.69) is 33.7 Å². The van der Waals surface area contributed by atoms with Gasteiger partial charge in [0.2, 0.25) is 0 Å². The number of rotatable bonds is 8. The largest absolute Gasteiger partial charge is 0.497 e. The molecule has 0 bridgehead atoms. The van der Waals surface area contributed by atoms with E-state index in [1.165, 1.54) is 31.0 Å². The minimum Gasteiger partial charge on any atom is -0.497 e. The topological polar surface area (TPSA) is 71.5 Å². The molecule has 28 heavy (non-hydrogen) atoms. The van der Waals surface area contributed by atoms with Crippen molar-refractivity contribution in [3.63, 3.8) is 0 Å². The molecule has 1 heterocycles. The molecule has 1 N–H and O–H groups in total. The van der Waals surface area contributed by atoms with E-state index in [9.17, 15) is 8.42 Å². The molecule has 1 aromatic heterocycles. The molecule has 0 atom stereocenters. The molecule has 3 aromatic rings. The molecule has 0 aliphatic heterocycles. The second kappa shape index (κ2) is 8.75. The number of aromatic nitrogens is 1. The van der Waals surface area contributed by atoms with Gasteiger partial charge in [-0.1, -0.05) is 30.3 Å². The first-order chi connectivity index (χ1) is 13.5. The highest BCUT2D eigenvalue weighted by atomic mass is 32.2. The summed E-state index contributed by atoms with van der Waals surface area (Å²) in [5, 5.41) is 0. The van der Waals surface area contributed by atoms with Crippen LogP contribution in [0.3, 0.4) is 0 Å².